The largest absolute Gasteiger partial charge is 0.312 e. The van der Waals surface area contributed by atoms with Gasteiger partial charge in [-0.2, -0.15) is 0 Å². The Kier molecular flexibility index (Phi) is 7.57. The zero-order valence-corrected chi connectivity index (χ0v) is 21.3. The van der Waals surface area contributed by atoms with Crippen LogP contribution >= 0.6 is 11.8 Å². The molecule has 0 aliphatic rings. The normalized spacial score (nSPS) is 10.9. The molecule has 0 unspecified atom stereocenters. The minimum Gasteiger partial charge on any atom is -0.312 e. The van der Waals surface area contributed by atoms with Crippen LogP contribution in [0.15, 0.2) is 144 Å². The minimum absolute atomic E-state index is 0.752. The maximum Gasteiger partial charge on any atom is 0.0537 e. The van der Waals surface area contributed by atoms with Gasteiger partial charge >= 0.3 is 0 Å². The topological polar surface area (TPSA) is 20.5 Å². The molecule has 0 spiro atoms. The number of fused-ring (bicyclic) bond motifs is 1. The molecule has 0 N–H and O–H groups in total. The summed E-state index contributed by atoms with van der Waals surface area (Å²) in [6, 6.07) is 25.4. The first kappa shape index (κ1) is 24.8. The molecule has 0 amide bonds. The lowest BCUT2D eigenvalue weighted by Gasteiger charge is -2.25. The molecule has 0 bridgehead atoms. The van der Waals surface area contributed by atoms with Crippen molar-refractivity contribution in [1.29, 1.82) is 0 Å². The SMILES string of the molecule is C=CC(=C)N(C(=C)C=C)c1ccc(Sc2ccc(-n3c(/C=C\N=C)c(C)c4ccccc43)cc2)cc1. The van der Waals surface area contributed by atoms with E-state index in [0.29, 0.717) is 0 Å². The number of benzene rings is 3. The Hall–Kier alpha value is -4.28. The van der Waals surface area contributed by atoms with Crippen molar-refractivity contribution in [1.82, 2.24) is 4.57 Å². The minimum atomic E-state index is 0.752. The van der Waals surface area contributed by atoms with Gasteiger partial charge in [-0.15, -0.1) is 0 Å². The lowest BCUT2D eigenvalue weighted by atomic mass is 10.1. The van der Waals surface area contributed by atoms with E-state index in [-0.39, 0.29) is 0 Å². The second kappa shape index (κ2) is 11.0. The lowest BCUT2D eigenvalue weighted by molar-refractivity contribution is 1.09. The standard InChI is InChI=1S/C32H29N3S/c1-7-23(3)34(24(4)8-2)26-13-17-28(18-14-26)36-29-19-15-27(16-20-29)35-31(21-22-33-6)25(5)30-11-9-10-12-32(30)35/h7-22H,1-4,6H2,5H3/b22-21-. The summed E-state index contributed by atoms with van der Waals surface area (Å²) in [4.78, 5) is 8.15. The summed E-state index contributed by atoms with van der Waals surface area (Å²) in [5.74, 6) is 0. The van der Waals surface area contributed by atoms with E-state index in [9.17, 15) is 0 Å². The van der Waals surface area contributed by atoms with E-state index < -0.39 is 0 Å². The van der Waals surface area contributed by atoms with Crippen molar-refractivity contribution < 1.29 is 0 Å². The summed E-state index contributed by atoms with van der Waals surface area (Å²) in [7, 11) is 0. The number of nitrogens with zero attached hydrogens (tertiary/aromatic N) is 3. The summed E-state index contributed by atoms with van der Waals surface area (Å²) in [5.41, 5.74) is 7.06. The number of para-hydroxylation sites is 1. The summed E-state index contributed by atoms with van der Waals surface area (Å²) in [5, 5.41) is 1.23. The highest BCUT2D eigenvalue weighted by atomic mass is 32.2. The maximum atomic E-state index is 4.06. The highest BCUT2D eigenvalue weighted by molar-refractivity contribution is 7.99. The molecule has 0 saturated heterocycles. The van der Waals surface area contributed by atoms with Crippen molar-refractivity contribution in [3.05, 3.63) is 140 Å². The molecule has 0 saturated carbocycles. The maximum absolute atomic E-state index is 4.06. The van der Waals surface area contributed by atoms with Gasteiger partial charge in [0.25, 0.3) is 0 Å². The summed E-state index contributed by atoms with van der Waals surface area (Å²) >= 11 is 1.72. The molecule has 1 aromatic heterocycles. The number of anilines is 1. The zero-order chi connectivity index (χ0) is 25.7. The molecule has 0 aliphatic carbocycles. The first-order valence-corrected chi connectivity index (χ1v) is 12.3. The molecular weight excluding hydrogens is 458 g/mol. The number of hydrogen-bond donors (Lipinski definition) is 0. The fourth-order valence-corrected chi connectivity index (χ4v) is 5.00. The Labute approximate surface area is 217 Å². The van der Waals surface area contributed by atoms with Crippen LogP contribution in [-0.4, -0.2) is 11.3 Å². The molecule has 0 radical (unpaired) electrons. The van der Waals surface area contributed by atoms with E-state index in [4.69, 9.17) is 0 Å². The quantitative estimate of drug-likeness (QED) is 0.164. The van der Waals surface area contributed by atoms with Crippen LogP contribution in [0.2, 0.25) is 0 Å². The third-order valence-electron chi connectivity index (χ3n) is 5.98. The van der Waals surface area contributed by atoms with Gasteiger partial charge in [-0.25, -0.2) is 0 Å². The molecule has 3 aromatic carbocycles. The van der Waals surface area contributed by atoms with Crippen molar-refractivity contribution in [2.45, 2.75) is 16.7 Å². The Morgan fingerprint density at radius 1 is 0.861 bits per heavy atom. The number of aliphatic imine (C=N–C) groups is 1. The van der Waals surface area contributed by atoms with Gasteiger partial charge < -0.3 is 9.47 Å². The summed E-state index contributed by atoms with van der Waals surface area (Å²) < 4.78 is 2.27. The average Bonchev–Trinajstić information content (AvgIpc) is 3.20. The zero-order valence-electron chi connectivity index (χ0n) is 20.5. The molecule has 36 heavy (non-hydrogen) atoms. The van der Waals surface area contributed by atoms with Gasteiger partial charge in [-0.1, -0.05) is 56.3 Å². The van der Waals surface area contributed by atoms with Crippen molar-refractivity contribution in [3.8, 4) is 5.69 Å². The molecule has 4 aromatic rings. The van der Waals surface area contributed by atoms with Crippen LogP contribution in [-0.2, 0) is 0 Å². The number of allylic oxidation sites excluding steroid dienone is 2. The van der Waals surface area contributed by atoms with Crippen LogP contribution in [0.4, 0.5) is 5.69 Å². The number of rotatable bonds is 10. The van der Waals surface area contributed by atoms with Crippen LogP contribution in [0.25, 0.3) is 22.7 Å². The van der Waals surface area contributed by atoms with Crippen molar-refractivity contribution in [2.75, 3.05) is 4.90 Å². The fraction of sp³-hybridized carbons (Fsp3) is 0.0312. The third kappa shape index (κ3) is 4.90. The third-order valence-corrected chi connectivity index (χ3v) is 7.00. The van der Waals surface area contributed by atoms with E-state index in [2.05, 4.69) is 122 Å². The van der Waals surface area contributed by atoms with Crippen molar-refractivity contribution >= 4 is 41.1 Å². The first-order valence-electron chi connectivity index (χ1n) is 11.5. The number of hydrogen-bond acceptors (Lipinski definition) is 3. The van der Waals surface area contributed by atoms with Crippen LogP contribution in [0.5, 0.6) is 0 Å². The van der Waals surface area contributed by atoms with Gasteiger partial charge in [0.05, 0.1) is 11.2 Å². The van der Waals surface area contributed by atoms with Crippen LogP contribution in [0, 0.1) is 6.92 Å². The lowest BCUT2D eigenvalue weighted by Crippen LogP contribution is -2.17. The smallest absolute Gasteiger partial charge is 0.0537 e. The molecule has 178 valence electrons. The Morgan fingerprint density at radius 3 is 2.03 bits per heavy atom. The van der Waals surface area contributed by atoms with Gasteiger partial charge in [0.1, 0.15) is 0 Å². The average molecular weight is 488 g/mol. The molecule has 0 atom stereocenters. The van der Waals surface area contributed by atoms with E-state index in [1.165, 1.54) is 16.5 Å². The van der Waals surface area contributed by atoms with Gasteiger partial charge in [-0.05, 0) is 92.0 Å². The predicted octanol–water partition coefficient (Wildman–Crippen LogP) is 8.97. The van der Waals surface area contributed by atoms with Crippen LogP contribution in [0.1, 0.15) is 11.3 Å². The molecule has 1 heterocycles. The van der Waals surface area contributed by atoms with Gasteiger partial charge in [0.2, 0.25) is 0 Å². The predicted molar refractivity (Wildman–Crippen MR) is 158 cm³/mol. The summed E-state index contributed by atoms with van der Waals surface area (Å²) in [6.45, 7) is 21.5. The van der Waals surface area contributed by atoms with Crippen LogP contribution < -0.4 is 4.90 Å². The van der Waals surface area contributed by atoms with E-state index in [0.717, 1.165) is 38.3 Å². The Bertz CT molecular complexity index is 1470. The molecule has 3 nitrogen and oxygen atoms in total. The van der Waals surface area contributed by atoms with E-state index in [1.807, 2.05) is 11.0 Å². The highest BCUT2D eigenvalue weighted by Crippen LogP contribution is 2.34. The molecule has 0 fully saturated rings. The Balaban J connectivity index is 1.61. The van der Waals surface area contributed by atoms with Gasteiger partial charge in [0.15, 0.2) is 0 Å². The van der Waals surface area contributed by atoms with Crippen LogP contribution in [0.3, 0.4) is 0 Å². The monoisotopic (exact) mass is 487 g/mol. The molecule has 4 heteroatoms. The van der Waals surface area contributed by atoms with Gasteiger partial charge in [-0.3, -0.25) is 4.99 Å². The number of aromatic nitrogens is 1. The second-order valence-electron chi connectivity index (χ2n) is 8.18. The molecule has 0 aliphatic heterocycles. The molecular formula is C32H29N3S. The second-order valence-corrected chi connectivity index (χ2v) is 9.32. The first-order chi connectivity index (χ1) is 17.5. The Morgan fingerprint density at radius 2 is 1.44 bits per heavy atom. The van der Waals surface area contributed by atoms with Gasteiger partial charge in [0, 0.05) is 44.1 Å². The molecule has 4 rings (SSSR count). The fourth-order valence-electron chi connectivity index (χ4n) is 4.18. The van der Waals surface area contributed by atoms with Crippen molar-refractivity contribution in [3.63, 3.8) is 0 Å². The highest BCUT2D eigenvalue weighted by Gasteiger charge is 2.14. The van der Waals surface area contributed by atoms with E-state index >= 15 is 0 Å². The van der Waals surface area contributed by atoms with Crippen molar-refractivity contribution in [2.24, 2.45) is 4.99 Å². The van der Waals surface area contributed by atoms with E-state index in [1.54, 1.807) is 30.1 Å². The number of aryl methyl sites for hydroxylation is 1. The summed E-state index contributed by atoms with van der Waals surface area (Å²) in [6.07, 6.45) is 7.17.